The maximum Gasteiger partial charge on any atom is 0.263 e. The zero-order valence-electron chi connectivity index (χ0n) is 25.0. The number of hydrogen-bond acceptors (Lipinski definition) is 9. The van der Waals surface area contributed by atoms with Gasteiger partial charge in [0.15, 0.2) is 11.6 Å². The van der Waals surface area contributed by atoms with Crippen LogP contribution < -0.4 is 23.8 Å². The van der Waals surface area contributed by atoms with Crippen molar-refractivity contribution in [3.63, 3.8) is 0 Å². The molecule has 0 spiro atoms. The Labute approximate surface area is 263 Å². The molecule has 1 aliphatic heterocycles. The molecule has 0 amide bonds. The molecule has 1 saturated heterocycles. The number of sulfonamides is 1. The Bertz CT molecular complexity index is 1690. The van der Waals surface area contributed by atoms with Crippen molar-refractivity contribution in [1.29, 1.82) is 0 Å². The summed E-state index contributed by atoms with van der Waals surface area (Å²) in [5, 5.41) is 0.282. The lowest BCUT2D eigenvalue weighted by Gasteiger charge is -2.28. The predicted octanol–water partition coefficient (Wildman–Crippen LogP) is 6.44. The van der Waals surface area contributed by atoms with Gasteiger partial charge in [-0.25, -0.2) is 13.4 Å². The molecule has 0 saturated carbocycles. The SMILES string of the molecule is COc1ccc(Cl)c(Oc2c(COc3ccccc3)nc(N3CCOCC3)nc2NS(=O)(=O)c2ccc(C(C)(C)C)cc2)c1. The number of ether oxygens (including phenoxy) is 4. The molecule has 4 aromatic rings. The highest BCUT2D eigenvalue weighted by Crippen LogP contribution is 2.39. The van der Waals surface area contributed by atoms with Crippen molar-refractivity contribution in [2.24, 2.45) is 0 Å². The maximum absolute atomic E-state index is 13.8. The molecule has 5 rings (SSSR count). The van der Waals surface area contributed by atoms with Gasteiger partial charge >= 0.3 is 0 Å². The number of para-hydroxylation sites is 1. The largest absolute Gasteiger partial charge is 0.497 e. The maximum atomic E-state index is 13.8. The van der Waals surface area contributed by atoms with Gasteiger partial charge < -0.3 is 23.8 Å². The van der Waals surface area contributed by atoms with Crippen molar-refractivity contribution < 1.29 is 27.4 Å². The van der Waals surface area contributed by atoms with Crippen molar-refractivity contribution in [1.82, 2.24) is 9.97 Å². The summed E-state index contributed by atoms with van der Waals surface area (Å²) in [7, 11) is -2.58. The molecule has 1 N–H and O–H groups in total. The molecule has 1 aliphatic rings. The summed E-state index contributed by atoms with van der Waals surface area (Å²) >= 11 is 6.50. The number of morpholine rings is 1. The van der Waals surface area contributed by atoms with E-state index in [-0.39, 0.29) is 39.3 Å². The topological polar surface area (TPSA) is 112 Å². The van der Waals surface area contributed by atoms with Gasteiger partial charge in [-0.15, -0.1) is 0 Å². The summed E-state index contributed by atoms with van der Waals surface area (Å²) in [6.45, 7) is 8.17. The van der Waals surface area contributed by atoms with Crippen molar-refractivity contribution in [3.05, 3.63) is 89.1 Å². The first-order chi connectivity index (χ1) is 21.0. The fourth-order valence-corrected chi connectivity index (χ4v) is 5.61. The van der Waals surface area contributed by atoms with Crippen LogP contribution in [0.5, 0.6) is 23.0 Å². The third-order valence-electron chi connectivity index (χ3n) is 6.95. The molecule has 0 unspecified atom stereocenters. The monoisotopic (exact) mass is 638 g/mol. The lowest BCUT2D eigenvalue weighted by molar-refractivity contribution is 0.122. The van der Waals surface area contributed by atoms with Crippen LogP contribution in [0.1, 0.15) is 32.0 Å². The molecule has 0 aliphatic carbocycles. The Morgan fingerprint density at radius 3 is 2.32 bits per heavy atom. The van der Waals surface area contributed by atoms with Crippen molar-refractivity contribution in [3.8, 4) is 23.0 Å². The average molecular weight is 639 g/mol. The van der Waals surface area contributed by atoms with Crippen molar-refractivity contribution in [2.75, 3.05) is 43.0 Å². The number of halogens is 1. The molecule has 12 heteroatoms. The first-order valence-electron chi connectivity index (χ1n) is 14.1. The average Bonchev–Trinajstić information content (AvgIpc) is 3.02. The third kappa shape index (κ3) is 7.53. The number of benzene rings is 3. The number of rotatable bonds is 10. The zero-order valence-corrected chi connectivity index (χ0v) is 26.6. The molecule has 0 radical (unpaired) electrons. The van der Waals surface area contributed by atoms with Gasteiger partial charge in [0.2, 0.25) is 5.95 Å². The van der Waals surface area contributed by atoms with Crippen LogP contribution in [0.3, 0.4) is 0 Å². The first-order valence-corrected chi connectivity index (χ1v) is 16.0. The van der Waals surface area contributed by atoms with E-state index in [1.807, 2.05) is 35.2 Å². The molecule has 1 aromatic heterocycles. The minimum atomic E-state index is -4.11. The standard InChI is InChI=1S/C32H35ClN4O6S/c1-32(2,3)22-10-13-25(14-11-22)44(38,39)36-30-29(43-28-20-24(40-4)12-15-26(28)33)27(21-42-23-8-6-5-7-9-23)34-31(35-30)37-16-18-41-19-17-37/h5-15,20H,16-19,21H2,1-4H3,(H,34,35,36). The van der Waals surface area contributed by atoms with Crippen LogP contribution in [0.2, 0.25) is 5.02 Å². The highest BCUT2D eigenvalue weighted by Gasteiger charge is 2.27. The molecule has 232 valence electrons. The smallest absolute Gasteiger partial charge is 0.263 e. The van der Waals surface area contributed by atoms with Gasteiger partial charge in [-0.2, -0.15) is 4.98 Å². The highest BCUT2D eigenvalue weighted by atomic mass is 35.5. The number of anilines is 2. The van der Waals surface area contributed by atoms with Crippen LogP contribution in [0, 0.1) is 0 Å². The number of hydrogen-bond donors (Lipinski definition) is 1. The van der Waals surface area contributed by atoms with Crippen LogP contribution in [0.25, 0.3) is 0 Å². The molecule has 10 nitrogen and oxygen atoms in total. The second kappa shape index (κ2) is 13.3. The Kier molecular flexibility index (Phi) is 9.48. The van der Waals surface area contributed by atoms with Gasteiger partial charge in [0.05, 0.1) is 30.2 Å². The Hall–Kier alpha value is -4.06. The summed E-state index contributed by atoms with van der Waals surface area (Å²) < 4.78 is 53.4. The lowest BCUT2D eigenvalue weighted by Crippen LogP contribution is -2.37. The van der Waals surface area contributed by atoms with E-state index in [1.54, 1.807) is 42.5 Å². The van der Waals surface area contributed by atoms with Crippen LogP contribution in [-0.2, 0) is 26.8 Å². The normalized spacial score (nSPS) is 13.8. The number of methoxy groups -OCH3 is 1. The molecule has 0 atom stereocenters. The molecule has 2 heterocycles. The van der Waals surface area contributed by atoms with E-state index in [4.69, 9.17) is 35.5 Å². The van der Waals surface area contributed by atoms with Gasteiger partial charge in [-0.3, -0.25) is 4.72 Å². The van der Waals surface area contributed by atoms with Gasteiger partial charge in [0.1, 0.15) is 29.5 Å². The molecule has 1 fully saturated rings. The van der Waals surface area contributed by atoms with E-state index in [2.05, 4.69) is 30.5 Å². The van der Waals surface area contributed by atoms with Crippen molar-refractivity contribution in [2.45, 2.75) is 37.7 Å². The van der Waals surface area contributed by atoms with E-state index < -0.39 is 10.0 Å². The second-order valence-corrected chi connectivity index (χ2v) is 13.2. The summed E-state index contributed by atoms with van der Waals surface area (Å²) in [5.74, 6) is 1.62. The van der Waals surface area contributed by atoms with E-state index in [1.165, 1.54) is 7.11 Å². The molecular weight excluding hydrogens is 604 g/mol. The molecule has 3 aromatic carbocycles. The van der Waals surface area contributed by atoms with Gasteiger partial charge in [-0.1, -0.05) is 62.7 Å². The van der Waals surface area contributed by atoms with E-state index in [0.717, 1.165) is 5.56 Å². The number of nitrogens with one attached hydrogen (secondary N) is 1. The van der Waals surface area contributed by atoms with E-state index in [9.17, 15) is 8.42 Å². The third-order valence-corrected chi connectivity index (χ3v) is 8.62. The predicted molar refractivity (Wildman–Crippen MR) is 170 cm³/mol. The number of aromatic nitrogens is 2. The summed E-state index contributed by atoms with van der Waals surface area (Å²) in [6, 6.07) is 20.9. The van der Waals surface area contributed by atoms with Crippen LogP contribution >= 0.6 is 11.6 Å². The van der Waals surface area contributed by atoms with Crippen LogP contribution in [0.15, 0.2) is 77.7 Å². The fourth-order valence-electron chi connectivity index (χ4n) is 4.45. The van der Waals surface area contributed by atoms with Gasteiger partial charge in [0, 0.05) is 19.2 Å². The van der Waals surface area contributed by atoms with E-state index in [0.29, 0.717) is 49.4 Å². The molecule has 0 bridgehead atoms. The lowest BCUT2D eigenvalue weighted by atomic mass is 9.87. The quantitative estimate of drug-likeness (QED) is 0.210. The highest BCUT2D eigenvalue weighted by molar-refractivity contribution is 7.92. The van der Waals surface area contributed by atoms with Crippen molar-refractivity contribution >= 4 is 33.4 Å². The summed E-state index contributed by atoms with van der Waals surface area (Å²) in [5.41, 5.74) is 1.18. The first kappa shape index (κ1) is 31.4. The van der Waals surface area contributed by atoms with Crippen LogP contribution in [0.4, 0.5) is 11.8 Å². The van der Waals surface area contributed by atoms with Gasteiger partial charge in [0.25, 0.3) is 10.0 Å². The van der Waals surface area contributed by atoms with Crippen LogP contribution in [-0.4, -0.2) is 51.8 Å². The second-order valence-electron chi connectivity index (χ2n) is 11.1. The minimum Gasteiger partial charge on any atom is -0.497 e. The Morgan fingerprint density at radius 1 is 0.955 bits per heavy atom. The summed E-state index contributed by atoms with van der Waals surface area (Å²) in [4.78, 5) is 11.4. The number of nitrogens with zero attached hydrogens (tertiary/aromatic N) is 3. The van der Waals surface area contributed by atoms with Gasteiger partial charge in [-0.05, 0) is 47.4 Å². The molecule has 44 heavy (non-hydrogen) atoms. The molecular formula is C32H35ClN4O6S. The Morgan fingerprint density at radius 2 is 1.66 bits per heavy atom. The Balaban J connectivity index is 1.61. The minimum absolute atomic E-state index is 0.0444. The fraction of sp³-hybridized carbons (Fsp3) is 0.312. The summed E-state index contributed by atoms with van der Waals surface area (Å²) in [6.07, 6.45) is 0. The van der Waals surface area contributed by atoms with E-state index >= 15 is 0 Å². The zero-order chi connectivity index (χ0) is 31.3.